The highest BCUT2D eigenvalue weighted by Gasteiger charge is 2.41. The Morgan fingerprint density at radius 3 is 2.15 bits per heavy atom. The van der Waals surface area contributed by atoms with Gasteiger partial charge in [-0.3, -0.25) is 14.4 Å². The summed E-state index contributed by atoms with van der Waals surface area (Å²) >= 11 is 0. The SMILES string of the molecule is C[C@](Cc1ccccc1)(NC(=O)[C@@H](N)CCCCOC(=O)c1ccccc1)C(=O)NC(Cc1ccccc1)C(=O)N1CCC[C@@H]1C(=O)O. The number of hydrogen-bond donors (Lipinski definition) is 4. The second kappa shape index (κ2) is 17.2. The van der Waals surface area contributed by atoms with Gasteiger partial charge in [0.25, 0.3) is 0 Å². The van der Waals surface area contributed by atoms with Gasteiger partial charge in [-0.1, -0.05) is 78.9 Å². The molecule has 254 valence electrons. The van der Waals surface area contributed by atoms with Gasteiger partial charge in [0.15, 0.2) is 0 Å². The van der Waals surface area contributed by atoms with Crippen LogP contribution in [0, 0.1) is 0 Å². The van der Waals surface area contributed by atoms with Gasteiger partial charge in [0.2, 0.25) is 17.7 Å². The Labute approximate surface area is 280 Å². The molecule has 4 rings (SSSR count). The van der Waals surface area contributed by atoms with E-state index in [1.807, 2.05) is 66.7 Å². The van der Waals surface area contributed by atoms with Crippen LogP contribution in [0.2, 0.25) is 0 Å². The quantitative estimate of drug-likeness (QED) is 0.135. The van der Waals surface area contributed by atoms with Crippen LogP contribution in [-0.2, 0) is 36.8 Å². The third kappa shape index (κ3) is 9.98. The van der Waals surface area contributed by atoms with E-state index in [2.05, 4.69) is 10.6 Å². The number of carbonyl (C=O) groups excluding carboxylic acids is 4. The Kier molecular flexibility index (Phi) is 12.8. The van der Waals surface area contributed by atoms with Gasteiger partial charge >= 0.3 is 11.9 Å². The molecule has 3 aromatic carbocycles. The number of carboxylic acids is 1. The number of carbonyl (C=O) groups is 5. The van der Waals surface area contributed by atoms with Crippen LogP contribution in [0.25, 0.3) is 0 Å². The lowest BCUT2D eigenvalue weighted by atomic mass is 9.90. The molecule has 0 spiro atoms. The van der Waals surface area contributed by atoms with Gasteiger partial charge in [-0.05, 0) is 62.3 Å². The number of carboxylic acid groups (broad SMARTS) is 1. The molecule has 1 aliphatic heterocycles. The molecular weight excluding hydrogens is 612 g/mol. The van der Waals surface area contributed by atoms with Gasteiger partial charge < -0.3 is 31.1 Å². The van der Waals surface area contributed by atoms with Gasteiger partial charge in [-0.2, -0.15) is 0 Å². The first-order valence-electron chi connectivity index (χ1n) is 16.3. The minimum absolute atomic E-state index is 0.112. The molecule has 3 aromatic rings. The zero-order valence-electron chi connectivity index (χ0n) is 27.2. The van der Waals surface area contributed by atoms with E-state index >= 15 is 0 Å². The van der Waals surface area contributed by atoms with Gasteiger partial charge in [-0.15, -0.1) is 0 Å². The molecule has 3 amide bonds. The van der Waals surface area contributed by atoms with Crippen molar-refractivity contribution in [2.24, 2.45) is 5.73 Å². The highest BCUT2D eigenvalue weighted by molar-refractivity contribution is 5.96. The van der Waals surface area contributed by atoms with Crippen LogP contribution in [-0.4, -0.2) is 76.5 Å². The van der Waals surface area contributed by atoms with Crippen LogP contribution in [0.4, 0.5) is 0 Å². The zero-order chi connectivity index (χ0) is 34.5. The normalized spacial score (nSPS) is 16.6. The topological polar surface area (TPSA) is 168 Å². The summed E-state index contributed by atoms with van der Waals surface area (Å²) in [4.78, 5) is 66.7. The molecule has 0 radical (unpaired) electrons. The Bertz CT molecular complexity index is 1540. The molecule has 1 fully saturated rings. The number of hydrogen-bond acceptors (Lipinski definition) is 7. The van der Waals surface area contributed by atoms with E-state index in [1.165, 1.54) is 4.90 Å². The van der Waals surface area contributed by atoms with Crippen LogP contribution in [0.3, 0.4) is 0 Å². The van der Waals surface area contributed by atoms with Crippen molar-refractivity contribution in [2.45, 2.75) is 75.5 Å². The molecule has 4 atom stereocenters. The van der Waals surface area contributed by atoms with E-state index < -0.39 is 53.3 Å². The molecule has 1 aliphatic rings. The van der Waals surface area contributed by atoms with E-state index in [0.29, 0.717) is 37.7 Å². The number of unbranched alkanes of at least 4 members (excludes halogenated alkanes) is 1. The Hall–Kier alpha value is -5.03. The molecule has 11 heteroatoms. The fourth-order valence-corrected chi connectivity index (χ4v) is 5.82. The molecule has 0 aromatic heterocycles. The number of ether oxygens (including phenoxy) is 1. The highest BCUT2D eigenvalue weighted by Crippen LogP contribution is 2.21. The van der Waals surface area contributed by atoms with Crippen molar-refractivity contribution in [2.75, 3.05) is 13.2 Å². The molecule has 48 heavy (non-hydrogen) atoms. The minimum atomic E-state index is -1.51. The first kappa shape index (κ1) is 35.8. The van der Waals surface area contributed by atoms with Crippen LogP contribution in [0.1, 0.15) is 60.5 Å². The first-order chi connectivity index (χ1) is 23.1. The summed E-state index contributed by atoms with van der Waals surface area (Å²) in [5, 5.41) is 15.4. The van der Waals surface area contributed by atoms with Crippen molar-refractivity contribution in [3.8, 4) is 0 Å². The third-order valence-corrected chi connectivity index (χ3v) is 8.50. The molecule has 5 N–H and O–H groups in total. The summed E-state index contributed by atoms with van der Waals surface area (Å²) in [5.74, 6) is -3.14. The van der Waals surface area contributed by atoms with Crippen molar-refractivity contribution < 1.29 is 33.8 Å². The molecule has 0 aliphatic carbocycles. The van der Waals surface area contributed by atoms with Crippen molar-refractivity contribution in [1.82, 2.24) is 15.5 Å². The average Bonchev–Trinajstić information content (AvgIpc) is 3.59. The van der Waals surface area contributed by atoms with Crippen LogP contribution in [0.15, 0.2) is 91.0 Å². The highest BCUT2D eigenvalue weighted by atomic mass is 16.5. The largest absolute Gasteiger partial charge is 0.480 e. The maximum atomic E-state index is 14.1. The fourth-order valence-electron chi connectivity index (χ4n) is 5.82. The van der Waals surface area contributed by atoms with E-state index in [4.69, 9.17) is 10.5 Å². The second-order valence-electron chi connectivity index (χ2n) is 12.3. The third-order valence-electron chi connectivity index (χ3n) is 8.50. The number of rotatable bonds is 16. The summed E-state index contributed by atoms with van der Waals surface area (Å²) < 4.78 is 5.31. The number of nitrogens with zero attached hydrogens (tertiary/aromatic N) is 1. The summed E-state index contributed by atoms with van der Waals surface area (Å²) in [7, 11) is 0. The van der Waals surface area contributed by atoms with Crippen molar-refractivity contribution in [3.05, 3.63) is 108 Å². The second-order valence-corrected chi connectivity index (χ2v) is 12.3. The summed E-state index contributed by atoms with van der Waals surface area (Å²) in [6.45, 7) is 2.03. The summed E-state index contributed by atoms with van der Waals surface area (Å²) in [5.41, 5.74) is 6.78. The molecule has 1 saturated heterocycles. The lowest BCUT2D eigenvalue weighted by molar-refractivity contribution is -0.149. The van der Waals surface area contributed by atoms with Crippen LogP contribution < -0.4 is 16.4 Å². The molecule has 1 unspecified atom stereocenters. The summed E-state index contributed by atoms with van der Waals surface area (Å²) in [6.07, 6.45) is 2.43. The van der Waals surface area contributed by atoms with Crippen molar-refractivity contribution in [1.29, 1.82) is 0 Å². The number of nitrogens with one attached hydrogen (secondary N) is 2. The minimum Gasteiger partial charge on any atom is -0.480 e. The Morgan fingerprint density at radius 2 is 1.52 bits per heavy atom. The Morgan fingerprint density at radius 1 is 0.917 bits per heavy atom. The summed E-state index contributed by atoms with van der Waals surface area (Å²) in [6, 6.07) is 24.0. The molecule has 11 nitrogen and oxygen atoms in total. The molecular formula is C37H44N4O7. The number of amides is 3. The molecule has 0 bridgehead atoms. The molecule has 0 saturated carbocycles. The lowest BCUT2D eigenvalue weighted by Crippen LogP contribution is -2.64. The van der Waals surface area contributed by atoms with Crippen LogP contribution in [0.5, 0.6) is 0 Å². The number of likely N-dealkylation sites (tertiary alicyclic amines) is 1. The van der Waals surface area contributed by atoms with E-state index in [-0.39, 0.29) is 26.0 Å². The zero-order valence-corrected chi connectivity index (χ0v) is 27.2. The van der Waals surface area contributed by atoms with Gasteiger partial charge in [-0.25, -0.2) is 9.59 Å². The standard InChI is InChI=1S/C37H44N4O7/c1-37(25-27-16-7-3-8-17-27,40-32(42)29(38)20-11-12-23-48-35(46)28-18-9-4-10-19-28)36(47)39-30(24-26-14-5-2-6-15-26)33(43)41-22-13-21-31(41)34(44)45/h2-10,14-19,29-31H,11-13,20-25,38H2,1H3,(H,39,47)(H,40,42)(H,44,45)/t29-,30?,31+,37+/m0/s1. The first-order valence-corrected chi connectivity index (χ1v) is 16.3. The van der Waals surface area contributed by atoms with E-state index in [9.17, 15) is 29.1 Å². The maximum absolute atomic E-state index is 14.1. The Balaban J connectivity index is 1.44. The number of nitrogens with two attached hydrogens (primary N) is 1. The number of benzene rings is 3. The number of aliphatic carboxylic acids is 1. The lowest BCUT2D eigenvalue weighted by Gasteiger charge is -2.34. The average molecular weight is 657 g/mol. The maximum Gasteiger partial charge on any atom is 0.338 e. The van der Waals surface area contributed by atoms with Crippen LogP contribution >= 0.6 is 0 Å². The fraction of sp³-hybridized carbons (Fsp3) is 0.378. The monoisotopic (exact) mass is 656 g/mol. The van der Waals surface area contributed by atoms with Gasteiger partial charge in [0, 0.05) is 19.4 Å². The predicted molar refractivity (Wildman–Crippen MR) is 180 cm³/mol. The van der Waals surface area contributed by atoms with Crippen molar-refractivity contribution >= 4 is 29.7 Å². The molecule has 1 heterocycles. The predicted octanol–water partition coefficient (Wildman–Crippen LogP) is 3.26. The number of esters is 1. The van der Waals surface area contributed by atoms with E-state index in [0.717, 1.165) is 11.1 Å². The van der Waals surface area contributed by atoms with Gasteiger partial charge in [0.1, 0.15) is 17.6 Å². The van der Waals surface area contributed by atoms with E-state index in [1.54, 1.807) is 31.2 Å². The van der Waals surface area contributed by atoms with Gasteiger partial charge in [0.05, 0.1) is 18.2 Å². The van der Waals surface area contributed by atoms with Crippen molar-refractivity contribution in [3.63, 3.8) is 0 Å². The smallest absolute Gasteiger partial charge is 0.338 e.